The summed E-state index contributed by atoms with van der Waals surface area (Å²) >= 11 is 5.81. The number of nitrogens with zero attached hydrogens (tertiary/aromatic N) is 1. The van der Waals surface area contributed by atoms with Gasteiger partial charge in [0.25, 0.3) is 5.91 Å². The minimum Gasteiger partial charge on any atom is -0.508 e. The highest BCUT2D eigenvalue weighted by atomic mass is 35.5. The number of carbonyl (C=O) groups is 2. The Labute approximate surface area is 146 Å². The molecule has 1 aliphatic heterocycles. The Balaban J connectivity index is 1.93. The first-order valence-electron chi connectivity index (χ1n) is 7.92. The molecule has 0 spiro atoms. The highest BCUT2D eigenvalue weighted by molar-refractivity contribution is 6.19. The predicted octanol–water partition coefficient (Wildman–Crippen LogP) is 2.08. The van der Waals surface area contributed by atoms with Crippen LogP contribution in [-0.2, 0) is 4.79 Å². The van der Waals surface area contributed by atoms with Crippen molar-refractivity contribution >= 4 is 23.4 Å². The predicted molar refractivity (Wildman–Crippen MR) is 91.3 cm³/mol. The van der Waals surface area contributed by atoms with Gasteiger partial charge in [0, 0.05) is 36.6 Å². The number of benzene rings is 1. The van der Waals surface area contributed by atoms with Crippen molar-refractivity contribution in [2.75, 3.05) is 19.0 Å². The van der Waals surface area contributed by atoms with Crippen LogP contribution in [0.2, 0.25) is 0 Å². The molecule has 0 radical (unpaired) electrons. The Bertz CT molecular complexity index is 605. The van der Waals surface area contributed by atoms with Crippen LogP contribution in [0.25, 0.3) is 0 Å². The van der Waals surface area contributed by atoms with Crippen LogP contribution in [0.5, 0.6) is 11.5 Å². The van der Waals surface area contributed by atoms with Crippen LogP contribution in [0.3, 0.4) is 0 Å². The minimum absolute atomic E-state index is 0.0154. The lowest BCUT2D eigenvalue weighted by molar-refractivity contribution is -0.129. The van der Waals surface area contributed by atoms with Gasteiger partial charge < -0.3 is 20.4 Å². The van der Waals surface area contributed by atoms with Crippen LogP contribution in [-0.4, -0.2) is 51.9 Å². The number of alkyl halides is 1. The molecule has 1 saturated heterocycles. The van der Waals surface area contributed by atoms with E-state index in [0.29, 0.717) is 25.9 Å². The summed E-state index contributed by atoms with van der Waals surface area (Å²) < 4.78 is 0. The van der Waals surface area contributed by atoms with Crippen LogP contribution in [0.15, 0.2) is 18.2 Å². The molecule has 1 fully saturated rings. The maximum absolute atomic E-state index is 12.4. The molecule has 0 unspecified atom stereocenters. The van der Waals surface area contributed by atoms with Crippen molar-refractivity contribution in [1.29, 1.82) is 0 Å². The van der Waals surface area contributed by atoms with E-state index in [4.69, 9.17) is 11.6 Å². The van der Waals surface area contributed by atoms with E-state index in [1.165, 1.54) is 18.2 Å². The number of halogens is 1. The van der Waals surface area contributed by atoms with Crippen molar-refractivity contribution in [2.24, 2.45) is 5.41 Å². The molecule has 6 nitrogen and oxygen atoms in total. The van der Waals surface area contributed by atoms with Gasteiger partial charge in [-0.25, -0.2) is 0 Å². The second-order valence-electron chi connectivity index (χ2n) is 6.80. The smallest absolute Gasteiger partial charge is 0.254 e. The molecule has 0 bridgehead atoms. The largest absolute Gasteiger partial charge is 0.508 e. The van der Waals surface area contributed by atoms with Gasteiger partial charge in [-0.2, -0.15) is 0 Å². The molecular formula is C17H23ClN2O4. The molecule has 3 N–H and O–H groups in total. The van der Waals surface area contributed by atoms with Crippen LogP contribution < -0.4 is 5.32 Å². The molecule has 0 aliphatic carbocycles. The molecule has 1 aromatic carbocycles. The number of carbonyl (C=O) groups excluding carboxylic acids is 2. The van der Waals surface area contributed by atoms with Gasteiger partial charge in [-0.15, -0.1) is 11.6 Å². The summed E-state index contributed by atoms with van der Waals surface area (Å²) in [5.74, 6) is -0.378. The second kappa shape index (κ2) is 7.30. The molecule has 0 aromatic heterocycles. The number of nitrogens with one attached hydrogen (secondary N) is 1. The summed E-state index contributed by atoms with van der Waals surface area (Å²) in [5.41, 5.74) is -0.369. The number of phenolic OH excluding ortho intramolecular Hbond substituents is 2. The molecule has 0 saturated carbocycles. The van der Waals surface area contributed by atoms with Gasteiger partial charge >= 0.3 is 0 Å². The Morgan fingerprint density at radius 2 is 1.75 bits per heavy atom. The van der Waals surface area contributed by atoms with Gasteiger partial charge in [-0.3, -0.25) is 9.59 Å². The summed E-state index contributed by atoms with van der Waals surface area (Å²) in [7, 11) is 0. The van der Waals surface area contributed by atoms with Crippen molar-refractivity contribution in [3.8, 4) is 11.5 Å². The first kappa shape index (κ1) is 18.4. The number of likely N-dealkylation sites (tertiary alicyclic amines) is 1. The molecule has 2 amide bonds. The average molecular weight is 355 g/mol. The monoisotopic (exact) mass is 354 g/mol. The van der Waals surface area contributed by atoms with E-state index >= 15 is 0 Å². The van der Waals surface area contributed by atoms with Gasteiger partial charge in [0.05, 0.1) is 5.41 Å². The third-order valence-electron chi connectivity index (χ3n) is 4.22. The van der Waals surface area contributed by atoms with Crippen molar-refractivity contribution in [3.05, 3.63) is 23.8 Å². The quantitative estimate of drug-likeness (QED) is 0.722. The van der Waals surface area contributed by atoms with Crippen LogP contribution in [0.4, 0.5) is 0 Å². The third kappa shape index (κ3) is 4.32. The van der Waals surface area contributed by atoms with Crippen molar-refractivity contribution in [2.45, 2.75) is 32.7 Å². The van der Waals surface area contributed by atoms with Gasteiger partial charge in [-0.05, 0) is 38.8 Å². The SMILES string of the molecule is CC(C)(CCl)C(=O)NC1CCN(C(=O)c2cc(O)cc(O)c2)CC1. The van der Waals surface area contributed by atoms with Crippen molar-refractivity contribution in [3.63, 3.8) is 0 Å². The molecule has 132 valence electrons. The summed E-state index contributed by atoms with van der Waals surface area (Å²) in [4.78, 5) is 26.2. The molecule has 1 heterocycles. The van der Waals surface area contributed by atoms with Gasteiger partial charge in [0.1, 0.15) is 11.5 Å². The zero-order valence-corrected chi connectivity index (χ0v) is 14.6. The maximum atomic E-state index is 12.4. The average Bonchev–Trinajstić information content (AvgIpc) is 2.54. The zero-order valence-electron chi connectivity index (χ0n) is 13.9. The van der Waals surface area contributed by atoms with E-state index in [-0.39, 0.29) is 40.8 Å². The number of amides is 2. The maximum Gasteiger partial charge on any atom is 0.254 e. The lowest BCUT2D eigenvalue weighted by Gasteiger charge is -2.34. The molecule has 1 aromatic rings. The second-order valence-corrected chi connectivity index (χ2v) is 7.06. The van der Waals surface area contributed by atoms with Crippen LogP contribution in [0, 0.1) is 5.41 Å². The van der Waals surface area contributed by atoms with E-state index in [1.54, 1.807) is 18.7 Å². The van der Waals surface area contributed by atoms with Crippen LogP contribution >= 0.6 is 11.6 Å². The molecule has 7 heteroatoms. The fourth-order valence-electron chi connectivity index (χ4n) is 2.57. The topological polar surface area (TPSA) is 89.9 Å². The Hall–Kier alpha value is -1.95. The Morgan fingerprint density at radius 3 is 2.25 bits per heavy atom. The lowest BCUT2D eigenvalue weighted by atomic mass is 9.93. The number of hydrogen-bond acceptors (Lipinski definition) is 4. The van der Waals surface area contributed by atoms with Crippen molar-refractivity contribution < 1.29 is 19.8 Å². The summed E-state index contributed by atoms with van der Waals surface area (Å²) in [5, 5.41) is 22.0. The number of piperidine rings is 1. The zero-order chi connectivity index (χ0) is 17.9. The van der Waals surface area contributed by atoms with Gasteiger partial charge in [0.2, 0.25) is 5.91 Å². The first-order chi connectivity index (χ1) is 11.2. The summed E-state index contributed by atoms with van der Waals surface area (Å²) in [6, 6.07) is 3.86. The fraction of sp³-hybridized carbons (Fsp3) is 0.529. The number of aromatic hydroxyl groups is 2. The van der Waals surface area contributed by atoms with E-state index in [1.807, 2.05) is 0 Å². The standard InChI is InChI=1S/C17H23ClN2O4/c1-17(2,10-18)16(24)19-12-3-5-20(6-4-12)15(23)11-7-13(21)9-14(22)8-11/h7-9,12,21-22H,3-6,10H2,1-2H3,(H,19,24). The molecule has 24 heavy (non-hydrogen) atoms. The van der Waals surface area contributed by atoms with E-state index < -0.39 is 5.41 Å². The minimum atomic E-state index is -0.617. The van der Waals surface area contributed by atoms with E-state index in [0.717, 1.165) is 0 Å². The number of hydrogen-bond donors (Lipinski definition) is 3. The fourth-order valence-corrected chi connectivity index (χ4v) is 2.69. The highest BCUT2D eigenvalue weighted by Crippen LogP contribution is 2.23. The third-order valence-corrected chi connectivity index (χ3v) is 4.88. The van der Waals surface area contributed by atoms with E-state index in [9.17, 15) is 19.8 Å². The Kier molecular flexibility index (Phi) is 5.59. The summed E-state index contributed by atoms with van der Waals surface area (Å²) in [6.45, 7) is 4.59. The van der Waals surface area contributed by atoms with Gasteiger partial charge in [-0.1, -0.05) is 0 Å². The molecule has 1 aliphatic rings. The first-order valence-corrected chi connectivity index (χ1v) is 8.45. The van der Waals surface area contributed by atoms with Crippen molar-refractivity contribution in [1.82, 2.24) is 10.2 Å². The van der Waals surface area contributed by atoms with Crippen LogP contribution in [0.1, 0.15) is 37.0 Å². The number of phenols is 2. The number of rotatable bonds is 4. The highest BCUT2D eigenvalue weighted by Gasteiger charge is 2.30. The summed E-state index contributed by atoms with van der Waals surface area (Å²) in [6.07, 6.45) is 1.31. The lowest BCUT2D eigenvalue weighted by Crippen LogP contribution is -2.49. The van der Waals surface area contributed by atoms with E-state index in [2.05, 4.69) is 5.32 Å². The normalized spacial score (nSPS) is 16.0. The molecule has 0 atom stereocenters. The molecule has 2 rings (SSSR count). The Morgan fingerprint density at radius 1 is 1.21 bits per heavy atom. The van der Waals surface area contributed by atoms with Gasteiger partial charge in [0.15, 0.2) is 0 Å². The molecular weight excluding hydrogens is 332 g/mol.